The number of amides is 3. The van der Waals surface area contributed by atoms with Crippen molar-refractivity contribution in [3.05, 3.63) is 42.0 Å². The van der Waals surface area contributed by atoms with Crippen molar-refractivity contribution in [2.45, 2.75) is 38.8 Å². The lowest BCUT2D eigenvalue weighted by Gasteiger charge is -2.23. The van der Waals surface area contributed by atoms with Gasteiger partial charge in [-0.05, 0) is 38.8 Å². The van der Waals surface area contributed by atoms with Crippen LogP contribution in [0.5, 0.6) is 0 Å². The molecule has 0 saturated carbocycles. The first-order valence-electron chi connectivity index (χ1n) is 9.37. The maximum atomic E-state index is 12.6. The van der Waals surface area contributed by atoms with E-state index in [2.05, 4.69) is 5.32 Å². The van der Waals surface area contributed by atoms with Gasteiger partial charge in [0.1, 0.15) is 12.1 Å². The molecule has 1 heterocycles. The quantitative estimate of drug-likeness (QED) is 0.461. The van der Waals surface area contributed by atoms with E-state index in [0.717, 1.165) is 4.90 Å². The van der Waals surface area contributed by atoms with Crippen LogP contribution in [-0.2, 0) is 23.9 Å². The van der Waals surface area contributed by atoms with E-state index in [1.54, 1.807) is 24.3 Å². The molecule has 1 aromatic rings. The van der Waals surface area contributed by atoms with E-state index in [1.165, 1.54) is 13.8 Å². The molecule has 1 N–H and O–H groups in total. The molecule has 2 aliphatic rings. The molecule has 0 unspecified atom stereocenters. The molecule has 150 valence electrons. The Morgan fingerprint density at radius 2 is 1.72 bits per heavy atom. The Labute approximate surface area is 168 Å². The van der Waals surface area contributed by atoms with Crippen molar-refractivity contribution in [2.24, 2.45) is 11.8 Å². The Bertz CT molecular complexity index is 906. The van der Waals surface area contributed by atoms with Crippen LogP contribution in [0, 0.1) is 23.2 Å². The van der Waals surface area contributed by atoms with Gasteiger partial charge in [0.25, 0.3) is 5.91 Å². The minimum atomic E-state index is -1.17. The SMILES string of the molecule is C[C@H](OC(=O)[C@@H](C)N1C(=O)[C@H]2CC=CC[C@H]2C1=O)C(=O)Nc1ccccc1C#N. The van der Waals surface area contributed by atoms with Gasteiger partial charge in [0, 0.05) is 0 Å². The molecule has 1 aliphatic heterocycles. The fourth-order valence-electron chi connectivity index (χ4n) is 3.56. The highest BCUT2D eigenvalue weighted by molar-refractivity contribution is 6.08. The predicted octanol–water partition coefficient (Wildman–Crippen LogP) is 1.77. The largest absolute Gasteiger partial charge is 0.451 e. The standard InChI is InChI=1S/C21H21N3O5/c1-12(24-19(26)15-8-4-5-9-16(15)20(24)27)21(28)29-13(2)18(25)23-17-10-6-3-7-14(17)11-22/h3-7,10,12-13,15-16H,8-9H2,1-2H3,(H,23,25)/t12-,13+,15-,16+/m1/s1. The number of fused-ring (bicyclic) bond motifs is 1. The zero-order valence-corrected chi connectivity index (χ0v) is 16.1. The number of benzene rings is 1. The number of para-hydroxylation sites is 1. The molecule has 1 saturated heterocycles. The number of carbonyl (C=O) groups is 4. The zero-order chi connectivity index (χ0) is 21.1. The zero-order valence-electron chi connectivity index (χ0n) is 16.1. The second kappa shape index (κ2) is 8.27. The van der Waals surface area contributed by atoms with E-state index in [9.17, 15) is 19.2 Å². The van der Waals surface area contributed by atoms with E-state index in [-0.39, 0.29) is 17.4 Å². The fourth-order valence-corrected chi connectivity index (χ4v) is 3.56. The van der Waals surface area contributed by atoms with Gasteiger partial charge in [-0.15, -0.1) is 0 Å². The van der Waals surface area contributed by atoms with Crippen molar-refractivity contribution in [3.8, 4) is 6.07 Å². The summed E-state index contributed by atoms with van der Waals surface area (Å²) in [6, 6.07) is 7.27. The first-order chi connectivity index (χ1) is 13.8. The van der Waals surface area contributed by atoms with E-state index in [1.807, 2.05) is 18.2 Å². The summed E-state index contributed by atoms with van der Waals surface area (Å²) in [6.45, 7) is 2.80. The van der Waals surface area contributed by atoms with Crippen LogP contribution in [-0.4, -0.2) is 40.7 Å². The molecule has 0 bridgehead atoms. The molecule has 4 atom stereocenters. The van der Waals surface area contributed by atoms with Crippen molar-refractivity contribution < 1.29 is 23.9 Å². The highest BCUT2D eigenvalue weighted by Gasteiger charge is 2.50. The topological polar surface area (TPSA) is 117 Å². The highest BCUT2D eigenvalue weighted by Crippen LogP contribution is 2.36. The molecule has 3 amide bonds. The molecule has 29 heavy (non-hydrogen) atoms. The number of esters is 1. The number of likely N-dealkylation sites (tertiary alicyclic amines) is 1. The molecule has 0 spiro atoms. The van der Waals surface area contributed by atoms with Crippen LogP contribution in [0.1, 0.15) is 32.3 Å². The first kappa shape index (κ1) is 20.3. The van der Waals surface area contributed by atoms with Crippen LogP contribution in [0.2, 0.25) is 0 Å². The van der Waals surface area contributed by atoms with Crippen molar-refractivity contribution in [3.63, 3.8) is 0 Å². The molecule has 1 aromatic carbocycles. The van der Waals surface area contributed by atoms with Gasteiger partial charge in [0.2, 0.25) is 11.8 Å². The highest BCUT2D eigenvalue weighted by atomic mass is 16.5. The average Bonchev–Trinajstić information content (AvgIpc) is 2.98. The summed E-state index contributed by atoms with van der Waals surface area (Å²) in [5, 5.41) is 11.6. The molecule has 0 radical (unpaired) electrons. The van der Waals surface area contributed by atoms with Crippen LogP contribution in [0.4, 0.5) is 5.69 Å². The summed E-state index contributed by atoms with van der Waals surface area (Å²) in [6.07, 6.45) is 3.51. The predicted molar refractivity (Wildman–Crippen MR) is 102 cm³/mol. The summed E-state index contributed by atoms with van der Waals surface area (Å²) in [5.74, 6) is -3.10. The summed E-state index contributed by atoms with van der Waals surface area (Å²) in [7, 11) is 0. The van der Waals surface area contributed by atoms with Crippen molar-refractivity contribution in [2.75, 3.05) is 5.32 Å². The molecule has 8 heteroatoms. The third-order valence-corrected chi connectivity index (χ3v) is 5.24. The van der Waals surface area contributed by atoms with Crippen LogP contribution >= 0.6 is 0 Å². The number of hydrogen-bond acceptors (Lipinski definition) is 6. The van der Waals surface area contributed by atoms with Gasteiger partial charge in [-0.25, -0.2) is 4.79 Å². The summed E-state index contributed by atoms with van der Waals surface area (Å²) in [5.41, 5.74) is 0.578. The molecule has 1 aliphatic carbocycles. The monoisotopic (exact) mass is 395 g/mol. The minimum Gasteiger partial charge on any atom is -0.451 e. The van der Waals surface area contributed by atoms with E-state index < -0.39 is 35.9 Å². The third-order valence-electron chi connectivity index (χ3n) is 5.24. The molecular formula is C21H21N3O5. The number of rotatable bonds is 5. The third kappa shape index (κ3) is 3.90. The van der Waals surface area contributed by atoms with Gasteiger partial charge in [-0.3, -0.25) is 19.3 Å². The molecular weight excluding hydrogens is 374 g/mol. The second-order valence-corrected chi connectivity index (χ2v) is 7.10. The first-order valence-corrected chi connectivity index (χ1v) is 9.37. The molecule has 1 fully saturated rings. The number of nitrogens with one attached hydrogen (secondary N) is 1. The number of carbonyl (C=O) groups excluding carboxylic acids is 4. The van der Waals surface area contributed by atoms with Gasteiger partial charge in [-0.1, -0.05) is 24.3 Å². The van der Waals surface area contributed by atoms with Crippen LogP contribution in [0.15, 0.2) is 36.4 Å². The van der Waals surface area contributed by atoms with Crippen LogP contribution < -0.4 is 5.32 Å². The Morgan fingerprint density at radius 3 is 2.31 bits per heavy atom. The number of ether oxygens (including phenoxy) is 1. The molecule has 0 aromatic heterocycles. The Kier molecular flexibility index (Phi) is 5.78. The normalized spacial score (nSPS) is 22.4. The van der Waals surface area contributed by atoms with Gasteiger partial charge < -0.3 is 10.1 Å². The second-order valence-electron chi connectivity index (χ2n) is 7.10. The Balaban J connectivity index is 1.63. The number of nitrogens with zero attached hydrogens (tertiary/aromatic N) is 2. The van der Waals surface area contributed by atoms with Crippen LogP contribution in [0.3, 0.4) is 0 Å². The van der Waals surface area contributed by atoms with Crippen LogP contribution in [0.25, 0.3) is 0 Å². The Morgan fingerprint density at radius 1 is 1.14 bits per heavy atom. The summed E-state index contributed by atoms with van der Waals surface area (Å²) in [4.78, 5) is 51.0. The maximum absolute atomic E-state index is 12.6. The minimum absolute atomic E-state index is 0.275. The fraction of sp³-hybridized carbons (Fsp3) is 0.381. The Hall–Kier alpha value is -3.47. The lowest BCUT2D eigenvalue weighted by molar-refractivity contribution is -0.163. The van der Waals surface area contributed by atoms with E-state index in [4.69, 9.17) is 10.00 Å². The van der Waals surface area contributed by atoms with Gasteiger partial charge in [0.05, 0.1) is 23.1 Å². The van der Waals surface area contributed by atoms with Crippen molar-refractivity contribution in [1.29, 1.82) is 5.26 Å². The number of imide groups is 1. The summed E-state index contributed by atoms with van der Waals surface area (Å²) < 4.78 is 5.19. The lowest BCUT2D eigenvalue weighted by Crippen LogP contribution is -2.46. The number of anilines is 1. The van der Waals surface area contributed by atoms with Crippen molar-refractivity contribution in [1.82, 2.24) is 4.90 Å². The van der Waals surface area contributed by atoms with E-state index >= 15 is 0 Å². The molecule has 8 nitrogen and oxygen atoms in total. The molecule has 3 rings (SSSR count). The van der Waals surface area contributed by atoms with E-state index in [0.29, 0.717) is 18.5 Å². The summed E-state index contributed by atoms with van der Waals surface area (Å²) >= 11 is 0. The van der Waals surface area contributed by atoms with Gasteiger partial charge in [0.15, 0.2) is 6.10 Å². The smallest absolute Gasteiger partial charge is 0.329 e. The van der Waals surface area contributed by atoms with Gasteiger partial charge >= 0.3 is 5.97 Å². The number of hydrogen-bond donors (Lipinski definition) is 1. The number of allylic oxidation sites excluding steroid dienone is 2. The average molecular weight is 395 g/mol. The maximum Gasteiger partial charge on any atom is 0.329 e. The lowest BCUT2D eigenvalue weighted by atomic mass is 9.85. The number of nitriles is 1. The van der Waals surface area contributed by atoms with Gasteiger partial charge in [-0.2, -0.15) is 5.26 Å². The van der Waals surface area contributed by atoms with Crippen molar-refractivity contribution >= 4 is 29.4 Å².